The quantitative estimate of drug-likeness (QED) is 0.0335. The summed E-state index contributed by atoms with van der Waals surface area (Å²) in [6.07, 6.45) is -0.956. The second kappa shape index (κ2) is 40.7. The number of nitrogens with one attached hydrogen (secondary N) is 6. The molecule has 29 nitrogen and oxygen atoms in total. The van der Waals surface area contributed by atoms with Gasteiger partial charge in [0, 0.05) is 92.3 Å². The fraction of sp³-hybridized carbons (Fsp3) is 0.673. The Balaban J connectivity index is 2.66. The zero-order valence-electron chi connectivity index (χ0n) is 50.1. The summed E-state index contributed by atoms with van der Waals surface area (Å²) >= 11 is 0. The molecule has 0 saturated carbocycles. The Hall–Kier alpha value is -7.50. The molecule has 0 spiro atoms. The van der Waals surface area contributed by atoms with Gasteiger partial charge in [-0.1, -0.05) is 0 Å². The van der Waals surface area contributed by atoms with Crippen LogP contribution in [0.3, 0.4) is 0 Å². The number of methoxy groups -OCH3 is 1. The predicted molar refractivity (Wildman–Crippen MR) is 301 cm³/mol. The summed E-state index contributed by atoms with van der Waals surface area (Å²) in [7, 11) is 4.14. The number of nitrogens with zero attached hydrogens (tertiary/aromatic N) is 4. The zero-order chi connectivity index (χ0) is 62.6. The Morgan fingerprint density at radius 2 is 0.702 bits per heavy atom. The third-order valence-electron chi connectivity index (χ3n) is 12.7. The standard InChI is InChI=1S/C55H88N10O19/c1-10-79-47(70)19-16-40(53(75)82-13-4)59-44(67)34-63-24-22-62(33-43(66)58-32-37-30-38(51(73)56-7)50(78-9)39(31-37)52(74)57-8)23-25-64(35-45(68)60-41(54(76)83-14-5)17-20-48(71)80-11-2)27-29-65(28-26-63)36-46(69)61-42(55(77)84-15-6)18-21-49(72)81-12-3/h30-31,40-42H,10-29,32-36H2,1-9H3,(H,56,73)(H,57,74)(H,58,66)(H,59,67)(H,60,68)(H,61,69). The summed E-state index contributed by atoms with van der Waals surface area (Å²) in [5, 5.41) is 15.9. The van der Waals surface area contributed by atoms with E-state index >= 15 is 0 Å². The van der Waals surface area contributed by atoms with Gasteiger partial charge in [-0.3, -0.25) is 62.8 Å². The number of ether oxygens (including phenoxy) is 7. The Kier molecular flexibility index (Phi) is 35.2. The summed E-state index contributed by atoms with van der Waals surface area (Å²) in [6.45, 7) is 9.35. The van der Waals surface area contributed by atoms with E-state index in [-0.39, 0.29) is 180 Å². The molecule has 3 unspecified atom stereocenters. The summed E-state index contributed by atoms with van der Waals surface area (Å²) in [5.74, 6) is -7.47. The van der Waals surface area contributed by atoms with Crippen molar-refractivity contribution < 1.29 is 90.7 Å². The molecule has 472 valence electrons. The number of benzene rings is 1. The third kappa shape index (κ3) is 27.7. The molecule has 1 aromatic rings. The maximum Gasteiger partial charge on any atom is 0.328 e. The average Bonchev–Trinajstić information content (AvgIpc) is 3.63. The lowest BCUT2D eigenvalue weighted by molar-refractivity contribution is -0.150. The van der Waals surface area contributed by atoms with Crippen LogP contribution in [0.4, 0.5) is 0 Å². The van der Waals surface area contributed by atoms with Crippen molar-refractivity contribution in [2.75, 3.05) is 139 Å². The molecule has 0 radical (unpaired) electrons. The van der Waals surface area contributed by atoms with Gasteiger partial charge in [-0.15, -0.1) is 0 Å². The smallest absolute Gasteiger partial charge is 0.328 e. The average molecular weight is 1190 g/mol. The van der Waals surface area contributed by atoms with E-state index in [2.05, 4.69) is 31.9 Å². The van der Waals surface area contributed by atoms with Gasteiger partial charge in [-0.2, -0.15) is 0 Å². The van der Waals surface area contributed by atoms with E-state index in [1.165, 1.54) is 33.3 Å². The van der Waals surface area contributed by atoms with Crippen LogP contribution in [-0.4, -0.2) is 248 Å². The Morgan fingerprint density at radius 3 is 0.952 bits per heavy atom. The van der Waals surface area contributed by atoms with Crippen LogP contribution in [0.1, 0.15) is 106 Å². The lowest BCUT2D eigenvalue weighted by Gasteiger charge is -2.34. The molecule has 1 heterocycles. The van der Waals surface area contributed by atoms with Crippen LogP contribution in [0.2, 0.25) is 0 Å². The van der Waals surface area contributed by atoms with Crippen LogP contribution in [0.5, 0.6) is 5.75 Å². The van der Waals surface area contributed by atoms with Gasteiger partial charge in [0.05, 0.1) is 84.1 Å². The number of hydrogen-bond acceptors (Lipinski definition) is 23. The van der Waals surface area contributed by atoms with E-state index in [1.807, 2.05) is 0 Å². The zero-order valence-corrected chi connectivity index (χ0v) is 50.1. The van der Waals surface area contributed by atoms with E-state index in [0.717, 1.165) is 0 Å². The monoisotopic (exact) mass is 1190 g/mol. The molecule has 1 fully saturated rings. The molecule has 0 bridgehead atoms. The van der Waals surface area contributed by atoms with Crippen LogP contribution < -0.4 is 36.6 Å². The Bertz CT molecular complexity index is 2250. The molecule has 1 aliphatic heterocycles. The Morgan fingerprint density at radius 1 is 0.429 bits per heavy atom. The minimum atomic E-state index is -1.22. The minimum absolute atomic E-state index is 0.00295. The van der Waals surface area contributed by atoms with E-state index < -0.39 is 89.4 Å². The second-order valence-corrected chi connectivity index (χ2v) is 18.9. The SMILES string of the molecule is CCOC(=O)CCC(NC(=O)CN1CCN(CC(=O)NCc2cc(C(=O)NC)c(OC)c(C(=O)NC)c2)CCN(CC(=O)NC(CCC(=O)OCC)C(=O)OCC)CCN(CC(=O)NC(CCC(=O)OCC)C(=O)OCC)CC1)C(=O)OCC. The van der Waals surface area contributed by atoms with E-state index in [1.54, 1.807) is 61.1 Å². The predicted octanol–water partition coefficient (Wildman–Crippen LogP) is -1.57. The van der Waals surface area contributed by atoms with Gasteiger partial charge in [0.25, 0.3) is 11.8 Å². The van der Waals surface area contributed by atoms with Gasteiger partial charge in [0.1, 0.15) is 23.9 Å². The van der Waals surface area contributed by atoms with Crippen LogP contribution in [0, 0.1) is 0 Å². The van der Waals surface area contributed by atoms with E-state index in [4.69, 9.17) is 33.2 Å². The van der Waals surface area contributed by atoms with Crippen LogP contribution in [-0.2, 0) is 82.9 Å². The fourth-order valence-electron chi connectivity index (χ4n) is 8.58. The van der Waals surface area contributed by atoms with Crippen molar-refractivity contribution in [1.82, 2.24) is 51.5 Å². The summed E-state index contributed by atoms with van der Waals surface area (Å²) in [5.41, 5.74) is 0.489. The van der Waals surface area contributed by atoms with Crippen molar-refractivity contribution in [1.29, 1.82) is 0 Å². The highest BCUT2D eigenvalue weighted by molar-refractivity contribution is 6.04. The van der Waals surface area contributed by atoms with Gasteiger partial charge in [-0.05, 0) is 78.5 Å². The first-order valence-electron chi connectivity index (χ1n) is 28.3. The molecule has 0 aromatic heterocycles. The maximum absolute atomic E-state index is 14.0. The highest BCUT2D eigenvalue weighted by Gasteiger charge is 2.30. The maximum atomic E-state index is 14.0. The van der Waals surface area contributed by atoms with Gasteiger partial charge in [0.15, 0.2) is 0 Å². The second-order valence-electron chi connectivity index (χ2n) is 18.9. The van der Waals surface area contributed by atoms with E-state index in [0.29, 0.717) is 5.56 Å². The van der Waals surface area contributed by atoms with Crippen LogP contribution >= 0.6 is 0 Å². The number of carbonyl (C=O) groups is 12. The summed E-state index contributed by atoms with van der Waals surface area (Å²) in [6, 6.07) is -0.690. The first kappa shape index (κ1) is 72.6. The van der Waals surface area contributed by atoms with Gasteiger partial charge >= 0.3 is 35.8 Å². The molecule has 1 aliphatic rings. The lowest BCUT2D eigenvalue weighted by atomic mass is 10.0. The molecular formula is C55H88N10O19. The number of rotatable bonds is 34. The number of esters is 6. The van der Waals surface area contributed by atoms with Crippen molar-refractivity contribution in [3.8, 4) is 5.75 Å². The highest BCUT2D eigenvalue weighted by atomic mass is 16.6. The molecule has 1 saturated heterocycles. The van der Waals surface area contributed by atoms with Gasteiger partial charge < -0.3 is 65.1 Å². The normalized spacial score (nSPS) is 14.7. The largest absolute Gasteiger partial charge is 0.495 e. The van der Waals surface area contributed by atoms with Crippen molar-refractivity contribution in [3.05, 3.63) is 28.8 Å². The molecule has 1 aromatic carbocycles. The Labute approximate surface area is 490 Å². The molecule has 29 heteroatoms. The number of hydrogen-bond donors (Lipinski definition) is 6. The van der Waals surface area contributed by atoms with Crippen LogP contribution in [0.25, 0.3) is 0 Å². The van der Waals surface area contributed by atoms with Crippen molar-refractivity contribution in [3.63, 3.8) is 0 Å². The van der Waals surface area contributed by atoms with Crippen molar-refractivity contribution >= 4 is 71.3 Å². The molecule has 2 rings (SSSR count). The lowest BCUT2D eigenvalue weighted by Crippen LogP contribution is -2.53. The van der Waals surface area contributed by atoms with Gasteiger partial charge in [0.2, 0.25) is 23.6 Å². The van der Waals surface area contributed by atoms with Crippen molar-refractivity contribution in [2.45, 2.75) is 105 Å². The molecule has 3 atom stereocenters. The van der Waals surface area contributed by atoms with Crippen LogP contribution in [0.15, 0.2) is 12.1 Å². The van der Waals surface area contributed by atoms with Crippen molar-refractivity contribution in [2.24, 2.45) is 0 Å². The number of amides is 6. The minimum Gasteiger partial charge on any atom is -0.495 e. The third-order valence-corrected chi connectivity index (χ3v) is 12.7. The molecule has 84 heavy (non-hydrogen) atoms. The summed E-state index contributed by atoms with van der Waals surface area (Å²) in [4.78, 5) is 165. The molecule has 6 amide bonds. The number of carbonyl (C=O) groups excluding carboxylic acids is 12. The highest BCUT2D eigenvalue weighted by Crippen LogP contribution is 2.26. The molecular weight excluding hydrogens is 1100 g/mol. The van der Waals surface area contributed by atoms with E-state index in [9.17, 15) is 57.5 Å². The molecule has 6 N–H and O–H groups in total. The molecule has 0 aliphatic carbocycles. The first-order chi connectivity index (χ1) is 40.2. The topological polar surface area (TPSA) is 355 Å². The summed E-state index contributed by atoms with van der Waals surface area (Å²) < 4.78 is 36.1. The fourth-order valence-corrected chi connectivity index (χ4v) is 8.58. The first-order valence-corrected chi connectivity index (χ1v) is 28.3. The van der Waals surface area contributed by atoms with Gasteiger partial charge in [-0.25, -0.2) is 14.4 Å².